The monoisotopic (exact) mass is 310 g/mol. The van der Waals surface area contributed by atoms with Gasteiger partial charge in [0, 0.05) is 6.04 Å². The molecular formula is C14H22N4O2S. The number of aliphatic hydroxyl groups excluding tert-OH is 1. The Kier molecular flexibility index (Phi) is 4.49. The van der Waals surface area contributed by atoms with Gasteiger partial charge in [0.2, 0.25) is 5.91 Å². The summed E-state index contributed by atoms with van der Waals surface area (Å²) in [6, 6.07) is 0.521. The van der Waals surface area contributed by atoms with Crippen LogP contribution >= 0.6 is 11.8 Å². The summed E-state index contributed by atoms with van der Waals surface area (Å²) in [6.07, 6.45) is 9.17. The molecule has 0 saturated heterocycles. The van der Waals surface area contributed by atoms with Crippen molar-refractivity contribution < 1.29 is 9.90 Å². The molecule has 2 aliphatic rings. The zero-order chi connectivity index (χ0) is 14.7. The van der Waals surface area contributed by atoms with Crippen molar-refractivity contribution in [2.24, 2.45) is 0 Å². The van der Waals surface area contributed by atoms with E-state index in [1.807, 2.05) is 0 Å². The molecule has 0 bridgehead atoms. The van der Waals surface area contributed by atoms with E-state index in [1.165, 1.54) is 31.0 Å². The van der Waals surface area contributed by atoms with Crippen LogP contribution in [0.25, 0.3) is 0 Å². The highest BCUT2D eigenvalue weighted by molar-refractivity contribution is 7.99. The summed E-state index contributed by atoms with van der Waals surface area (Å²) in [6.45, 7) is 0.0294. The minimum Gasteiger partial charge on any atom is -0.394 e. The van der Waals surface area contributed by atoms with Crippen molar-refractivity contribution in [2.75, 3.05) is 12.4 Å². The van der Waals surface area contributed by atoms with Crippen molar-refractivity contribution >= 4 is 17.7 Å². The third kappa shape index (κ3) is 3.58. The molecule has 7 heteroatoms. The Morgan fingerprint density at radius 3 is 2.86 bits per heavy atom. The molecular weight excluding hydrogens is 288 g/mol. The van der Waals surface area contributed by atoms with Gasteiger partial charge in [-0.1, -0.05) is 31.0 Å². The Hall–Kier alpha value is -1.08. The van der Waals surface area contributed by atoms with Gasteiger partial charge in [-0.2, -0.15) is 0 Å². The van der Waals surface area contributed by atoms with Gasteiger partial charge in [0.05, 0.1) is 17.9 Å². The molecule has 3 rings (SSSR count). The van der Waals surface area contributed by atoms with E-state index in [-0.39, 0.29) is 12.5 Å². The van der Waals surface area contributed by atoms with E-state index in [4.69, 9.17) is 0 Å². The van der Waals surface area contributed by atoms with Crippen LogP contribution in [-0.4, -0.2) is 43.7 Å². The van der Waals surface area contributed by atoms with Crippen LogP contribution in [0.5, 0.6) is 0 Å². The second-order valence-corrected chi connectivity index (χ2v) is 7.03. The Bertz CT molecular complexity index is 495. The van der Waals surface area contributed by atoms with E-state index in [2.05, 4.69) is 20.1 Å². The predicted molar refractivity (Wildman–Crippen MR) is 80.1 cm³/mol. The average Bonchev–Trinajstić information content (AvgIpc) is 3.24. The lowest BCUT2D eigenvalue weighted by molar-refractivity contribution is -0.121. The summed E-state index contributed by atoms with van der Waals surface area (Å²) in [5.41, 5.74) is -0.403. The lowest BCUT2D eigenvalue weighted by atomic mass is 9.82. The largest absolute Gasteiger partial charge is 0.394 e. The standard InChI is InChI=1S/C14H22N4O2S/c19-9-14(6-2-1-3-7-14)16-12(20)8-21-13-17-15-10-18(13)11-4-5-11/h10-11,19H,1-9H2,(H,16,20). The predicted octanol–water partition coefficient (Wildman–Crippen LogP) is 1.52. The van der Waals surface area contributed by atoms with Crippen molar-refractivity contribution in [3.63, 3.8) is 0 Å². The summed E-state index contributed by atoms with van der Waals surface area (Å²) < 4.78 is 2.06. The Labute approximate surface area is 128 Å². The van der Waals surface area contributed by atoms with Gasteiger partial charge in [0.1, 0.15) is 6.33 Å². The van der Waals surface area contributed by atoms with Gasteiger partial charge < -0.3 is 15.0 Å². The molecule has 1 amide bonds. The fraction of sp³-hybridized carbons (Fsp3) is 0.786. The molecule has 0 unspecified atom stereocenters. The molecule has 2 N–H and O–H groups in total. The lowest BCUT2D eigenvalue weighted by Gasteiger charge is -2.36. The van der Waals surface area contributed by atoms with Crippen LogP contribution in [0.4, 0.5) is 0 Å². The van der Waals surface area contributed by atoms with Gasteiger partial charge in [-0.15, -0.1) is 10.2 Å². The second kappa shape index (κ2) is 6.36. The number of rotatable bonds is 6. The third-order valence-electron chi connectivity index (χ3n) is 4.33. The van der Waals surface area contributed by atoms with E-state index >= 15 is 0 Å². The zero-order valence-electron chi connectivity index (χ0n) is 12.1. The van der Waals surface area contributed by atoms with Crippen molar-refractivity contribution in [1.82, 2.24) is 20.1 Å². The average molecular weight is 310 g/mol. The van der Waals surface area contributed by atoms with Gasteiger partial charge in [0.25, 0.3) is 0 Å². The molecule has 1 aromatic heterocycles. The molecule has 1 aromatic rings. The number of aliphatic hydroxyl groups is 1. The fourth-order valence-corrected chi connectivity index (χ4v) is 3.73. The smallest absolute Gasteiger partial charge is 0.230 e. The van der Waals surface area contributed by atoms with Crippen LogP contribution in [0.2, 0.25) is 0 Å². The van der Waals surface area contributed by atoms with E-state index < -0.39 is 5.54 Å². The number of hydrogen-bond acceptors (Lipinski definition) is 5. The number of nitrogens with zero attached hydrogens (tertiary/aromatic N) is 3. The summed E-state index contributed by atoms with van der Waals surface area (Å²) in [5.74, 6) is 0.300. The molecule has 2 aliphatic carbocycles. The number of thioether (sulfide) groups is 1. The molecule has 1 heterocycles. The van der Waals surface area contributed by atoms with Crippen LogP contribution in [0, 0.1) is 0 Å². The van der Waals surface area contributed by atoms with Gasteiger partial charge in [-0.25, -0.2) is 0 Å². The van der Waals surface area contributed by atoms with Crippen molar-refractivity contribution in [3.8, 4) is 0 Å². The fourth-order valence-electron chi connectivity index (χ4n) is 2.95. The number of aromatic nitrogens is 3. The number of carbonyl (C=O) groups is 1. The maximum Gasteiger partial charge on any atom is 0.230 e. The number of carbonyl (C=O) groups excluding carboxylic acids is 1. The first-order chi connectivity index (χ1) is 10.2. The van der Waals surface area contributed by atoms with Gasteiger partial charge in [-0.05, 0) is 25.7 Å². The normalized spacial score (nSPS) is 21.2. The minimum atomic E-state index is -0.403. The summed E-state index contributed by atoms with van der Waals surface area (Å²) in [5, 5.41) is 21.5. The Morgan fingerprint density at radius 2 is 2.19 bits per heavy atom. The molecule has 116 valence electrons. The van der Waals surface area contributed by atoms with Gasteiger partial charge in [-0.3, -0.25) is 4.79 Å². The summed E-state index contributed by atoms with van der Waals surface area (Å²) in [7, 11) is 0. The highest BCUT2D eigenvalue weighted by Crippen LogP contribution is 2.37. The van der Waals surface area contributed by atoms with E-state index in [0.29, 0.717) is 11.8 Å². The van der Waals surface area contributed by atoms with Crippen molar-refractivity contribution in [1.29, 1.82) is 0 Å². The molecule has 0 aliphatic heterocycles. The topological polar surface area (TPSA) is 80.0 Å². The first-order valence-electron chi connectivity index (χ1n) is 7.67. The van der Waals surface area contributed by atoms with Crippen LogP contribution in [-0.2, 0) is 4.79 Å². The number of nitrogens with one attached hydrogen (secondary N) is 1. The Balaban J connectivity index is 1.52. The molecule has 0 aromatic carbocycles. The first kappa shape index (κ1) is 14.8. The van der Waals surface area contributed by atoms with E-state index in [1.54, 1.807) is 6.33 Å². The second-order valence-electron chi connectivity index (χ2n) is 6.09. The van der Waals surface area contributed by atoms with E-state index in [9.17, 15) is 9.90 Å². The quantitative estimate of drug-likeness (QED) is 0.779. The molecule has 6 nitrogen and oxygen atoms in total. The zero-order valence-corrected chi connectivity index (χ0v) is 12.9. The molecule has 0 radical (unpaired) electrons. The lowest BCUT2D eigenvalue weighted by Crippen LogP contribution is -2.53. The maximum absolute atomic E-state index is 12.2. The highest BCUT2D eigenvalue weighted by Gasteiger charge is 2.33. The van der Waals surface area contributed by atoms with Crippen LogP contribution in [0.3, 0.4) is 0 Å². The van der Waals surface area contributed by atoms with Gasteiger partial charge in [0.15, 0.2) is 5.16 Å². The van der Waals surface area contributed by atoms with Crippen LogP contribution in [0.1, 0.15) is 51.0 Å². The highest BCUT2D eigenvalue weighted by atomic mass is 32.2. The molecule has 21 heavy (non-hydrogen) atoms. The van der Waals surface area contributed by atoms with Crippen LogP contribution < -0.4 is 5.32 Å². The maximum atomic E-state index is 12.2. The third-order valence-corrected chi connectivity index (χ3v) is 5.29. The molecule has 0 atom stereocenters. The number of amides is 1. The molecule has 2 fully saturated rings. The Morgan fingerprint density at radius 1 is 1.43 bits per heavy atom. The van der Waals surface area contributed by atoms with Crippen molar-refractivity contribution in [3.05, 3.63) is 6.33 Å². The summed E-state index contributed by atoms with van der Waals surface area (Å²) >= 11 is 1.42. The summed E-state index contributed by atoms with van der Waals surface area (Å²) in [4.78, 5) is 12.2. The minimum absolute atomic E-state index is 0.0266. The molecule has 0 spiro atoms. The first-order valence-corrected chi connectivity index (χ1v) is 8.65. The number of hydrogen-bond donors (Lipinski definition) is 2. The SMILES string of the molecule is O=C(CSc1nncn1C1CC1)NC1(CO)CCCCC1. The van der Waals surface area contributed by atoms with Crippen LogP contribution in [0.15, 0.2) is 11.5 Å². The van der Waals surface area contributed by atoms with Crippen molar-refractivity contribution in [2.45, 2.75) is 61.7 Å². The van der Waals surface area contributed by atoms with Gasteiger partial charge >= 0.3 is 0 Å². The molecule has 2 saturated carbocycles. The van der Waals surface area contributed by atoms with E-state index in [0.717, 1.165) is 30.8 Å².